The Morgan fingerprint density at radius 3 is 2.21 bits per heavy atom. The summed E-state index contributed by atoms with van der Waals surface area (Å²) in [5.74, 6) is 2.70. The quantitative estimate of drug-likeness (QED) is 0.270. The number of hydrogen-bond donors (Lipinski definition) is 3. The van der Waals surface area contributed by atoms with Gasteiger partial charge in [-0.3, -0.25) is 4.90 Å². The van der Waals surface area contributed by atoms with E-state index in [1.807, 2.05) is 54.6 Å². The molecule has 0 saturated carbocycles. The minimum atomic E-state index is 0.527. The van der Waals surface area contributed by atoms with E-state index in [2.05, 4.69) is 65.7 Å². The molecular formula is C29H31N9. The van der Waals surface area contributed by atoms with Gasteiger partial charge in [-0.05, 0) is 29.8 Å². The third kappa shape index (κ3) is 5.90. The van der Waals surface area contributed by atoms with Crippen LogP contribution in [0.4, 0.5) is 23.5 Å². The fourth-order valence-electron chi connectivity index (χ4n) is 4.66. The van der Waals surface area contributed by atoms with E-state index >= 15 is 0 Å². The van der Waals surface area contributed by atoms with Crippen LogP contribution in [-0.2, 0) is 13.0 Å². The molecule has 9 nitrogen and oxygen atoms in total. The molecule has 3 heterocycles. The first-order chi connectivity index (χ1) is 18.8. The molecule has 0 bridgehead atoms. The molecule has 0 spiro atoms. The van der Waals surface area contributed by atoms with Gasteiger partial charge in [0.1, 0.15) is 5.82 Å². The maximum Gasteiger partial charge on any atom is 0.233 e. The number of nitrogens with zero attached hydrogens (tertiary/aromatic N) is 6. The lowest BCUT2D eigenvalue weighted by Crippen LogP contribution is -2.46. The molecule has 0 radical (unpaired) electrons. The zero-order valence-electron chi connectivity index (χ0n) is 21.2. The smallest absolute Gasteiger partial charge is 0.233 e. The predicted molar refractivity (Wildman–Crippen MR) is 152 cm³/mol. The molecule has 1 fully saturated rings. The van der Waals surface area contributed by atoms with E-state index in [1.165, 1.54) is 5.56 Å². The van der Waals surface area contributed by atoms with Crippen molar-refractivity contribution in [3.05, 3.63) is 96.3 Å². The number of para-hydroxylation sites is 3. The number of H-pyrrole nitrogens is 1. The average Bonchev–Trinajstić information content (AvgIpc) is 3.37. The average molecular weight is 506 g/mol. The molecule has 9 heteroatoms. The zero-order valence-corrected chi connectivity index (χ0v) is 21.2. The van der Waals surface area contributed by atoms with Crippen molar-refractivity contribution in [2.45, 2.75) is 13.0 Å². The summed E-state index contributed by atoms with van der Waals surface area (Å²) in [5.41, 5.74) is 4.30. The Balaban J connectivity index is 1.14. The Bertz CT molecular complexity index is 1430. The molecule has 0 amide bonds. The van der Waals surface area contributed by atoms with Crippen LogP contribution in [0.1, 0.15) is 11.4 Å². The van der Waals surface area contributed by atoms with Crippen molar-refractivity contribution in [3.63, 3.8) is 0 Å². The second-order valence-electron chi connectivity index (χ2n) is 9.40. The Labute approximate surface area is 222 Å². The fraction of sp³-hybridized carbons (Fsp3) is 0.241. The molecule has 0 atom stereocenters. The van der Waals surface area contributed by atoms with Crippen LogP contribution in [-0.4, -0.2) is 62.5 Å². The SMILES string of the molecule is c1ccc(CN2CCN(c3nc(NCCc4nc5ccccc5[nH]4)nc(Nc4ccccc4)n3)CC2)cc1. The highest BCUT2D eigenvalue weighted by Crippen LogP contribution is 2.20. The highest BCUT2D eigenvalue weighted by atomic mass is 15.4. The molecule has 192 valence electrons. The van der Waals surface area contributed by atoms with Crippen LogP contribution in [0.15, 0.2) is 84.9 Å². The van der Waals surface area contributed by atoms with Gasteiger partial charge in [0.2, 0.25) is 17.8 Å². The summed E-state index contributed by atoms with van der Waals surface area (Å²) in [4.78, 5) is 27.0. The highest BCUT2D eigenvalue weighted by molar-refractivity contribution is 5.74. The number of anilines is 4. The van der Waals surface area contributed by atoms with Crippen LogP contribution in [0, 0.1) is 0 Å². The van der Waals surface area contributed by atoms with Crippen molar-refractivity contribution in [1.29, 1.82) is 0 Å². The van der Waals surface area contributed by atoms with Crippen LogP contribution in [0.5, 0.6) is 0 Å². The van der Waals surface area contributed by atoms with E-state index in [0.717, 1.165) is 61.7 Å². The number of piperazine rings is 1. The summed E-state index contributed by atoms with van der Waals surface area (Å²) < 4.78 is 0. The van der Waals surface area contributed by atoms with Crippen molar-refractivity contribution in [2.75, 3.05) is 48.3 Å². The summed E-state index contributed by atoms with van der Waals surface area (Å²) in [6, 6.07) is 28.7. The minimum Gasteiger partial charge on any atom is -0.354 e. The third-order valence-electron chi connectivity index (χ3n) is 6.64. The van der Waals surface area contributed by atoms with Gasteiger partial charge >= 0.3 is 0 Å². The van der Waals surface area contributed by atoms with E-state index in [-0.39, 0.29) is 0 Å². The summed E-state index contributed by atoms with van der Waals surface area (Å²) in [6.45, 7) is 5.24. The number of fused-ring (bicyclic) bond motifs is 1. The molecule has 0 aliphatic carbocycles. The summed E-state index contributed by atoms with van der Waals surface area (Å²) in [6.07, 6.45) is 0.731. The molecule has 2 aromatic heterocycles. The molecule has 6 rings (SSSR count). The summed E-state index contributed by atoms with van der Waals surface area (Å²) >= 11 is 0. The third-order valence-corrected chi connectivity index (χ3v) is 6.64. The van der Waals surface area contributed by atoms with Crippen molar-refractivity contribution >= 4 is 34.6 Å². The monoisotopic (exact) mass is 505 g/mol. The van der Waals surface area contributed by atoms with E-state index in [1.54, 1.807) is 0 Å². The second kappa shape index (κ2) is 11.3. The zero-order chi connectivity index (χ0) is 25.6. The normalized spacial score (nSPS) is 14.1. The van der Waals surface area contributed by atoms with Crippen molar-refractivity contribution in [2.24, 2.45) is 0 Å². The van der Waals surface area contributed by atoms with Gasteiger partial charge in [-0.2, -0.15) is 15.0 Å². The van der Waals surface area contributed by atoms with Crippen molar-refractivity contribution in [1.82, 2.24) is 29.8 Å². The van der Waals surface area contributed by atoms with Crippen molar-refractivity contribution in [3.8, 4) is 0 Å². The first-order valence-corrected chi connectivity index (χ1v) is 13.1. The number of nitrogens with one attached hydrogen (secondary N) is 3. The van der Waals surface area contributed by atoms with Gasteiger partial charge in [0.25, 0.3) is 0 Å². The van der Waals surface area contributed by atoms with E-state index in [0.29, 0.717) is 24.4 Å². The van der Waals surface area contributed by atoms with E-state index in [4.69, 9.17) is 9.97 Å². The van der Waals surface area contributed by atoms with Gasteiger partial charge in [-0.25, -0.2) is 4.98 Å². The number of hydrogen-bond acceptors (Lipinski definition) is 8. The Morgan fingerprint density at radius 1 is 0.711 bits per heavy atom. The number of imidazole rings is 1. The van der Waals surface area contributed by atoms with Crippen LogP contribution in [0.25, 0.3) is 11.0 Å². The van der Waals surface area contributed by atoms with Crippen LogP contribution in [0.3, 0.4) is 0 Å². The predicted octanol–water partition coefficient (Wildman–Crippen LogP) is 4.47. The molecule has 38 heavy (non-hydrogen) atoms. The van der Waals surface area contributed by atoms with E-state index < -0.39 is 0 Å². The minimum absolute atomic E-state index is 0.527. The molecule has 1 aliphatic rings. The lowest BCUT2D eigenvalue weighted by Gasteiger charge is -2.34. The standard InChI is InChI=1S/C29H31N9/c1-3-9-22(10-4-1)21-37-17-19-38(20-18-37)29-35-27(34-28(36-29)31-23-11-5-2-6-12-23)30-16-15-26-32-24-13-7-8-14-25(24)33-26/h1-14H,15-21H2,(H,32,33)(H2,30,31,34,35,36). The van der Waals surface area contributed by atoms with Crippen LogP contribution >= 0.6 is 0 Å². The molecular weight excluding hydrogens is 474 g/mol. The van der Waals surface area contributed by atoms with E-state index in [9.17, 15) is 0 Å². The lowest BCUT2D eigenvalue weighted by molar-refractivity contribution is 0.248. The van der Waals surface area contributed by atoms with Gasteiger partial charge < -0.3 is 20.5 Å². The number of aromatic nitrogens is 5. The summed E-state index contributed by atoms with van der Waals surface area (Å²) in [7, 11) is 0. The van der Waals surface area contributed by atoms with Gasteiger partial charge in [-0.1, -0.05) is 60.7 Å². The fourth-order valence-corrected chi connectivity index (χ4v) is 4.66. The number of aromatic amines is 1. The van der Waals surface area contributed by atoms with Gasteiger partial charge in [0.05, 0.1) is 11.0 Å². The number of rotatable bonds is 9. The van der Waals surface area contributed by atoms with Gasteiger partial charge in [0.15, 0.2) is 0 Å². The lowest BCUT2D eigenvalue weighted by atomic mass is 10.2. The first-order valence-electron chi connectivity index (χ1n) is 13.1. The molecule has 3 aromatic carbocycles. The number of benzene rings is 3. The Hall–Kier alpha value is -4.50. The molecule has 1 saturated heterocycles. The second-order valence-corrected chi connectivity index (χ2v) is 9.40. The first kappa shape index (κ1) is 23.9. The van der Waals surface area contributed by atoms with Gasteiger partial charge in [0, 0.05) is 51.4 Å². The van der Waals surface area contributed by atoms with Crippen molar-refractivity contribution < 1.29 is 0 Å². The van der Waals surface area contributed by atoms with Crippen LogP contribution < -0.4 is 15.5 Å². The summed E-state index contributed by atoms with van der Waals surface area (Å²) in [5, 5.41) is 6.72. The molecule has 0 unspecified atom stereocenters. The largest absolute Gasteiger partial charge is 0.354 e. The topological polar surface area (TPSA) is 97.9 Å². The Kier molecular flexibility index (Phi) is 7.08. The van der Waals surface area contributed by atoms with Gasteiger partial charge in [-0.15, -0.1) is 0 Å². The maximum absolute atomic E-state index is 4.79. The molecule has 1 aliphatic heterocycles. The maximum atomic E-state index is 4.79. The molecule has 3 N–H and O–H groups in total. The highest BCUT2D eigenvalue weighted by Gasteiger charge is 2.21. The molecule has 5 aromatic rings. The van der Waals surface area contributed by atoms with Crippen LogP contribution in [0.2, 0.25) is 0 Å². The Morgan fingerprint density at radius 2 is 1.42 bits per heavy atom.